The van der Waals surface area contributed by atoms with E-state index in [1.54, 1.807) is 0 Å². The van der Waals surface area contributed by atoms with Gasteiger partial charge in [-0.1, -0.05) is 6.42 Å². The van der Waals surface area contributed by atoms with Crippen LogP contribution in [-0.2, 0) is 4.79 Å². The van der Waals surface area contributed by atoms with Gasteiger partial charge in [0.05, 0.1) is 6.54 Å². The van der Waals surface area contributed by atoms with Gasteiger partial charge in [-0.3, -0.25) is 4.79 Å². The third-order valence-corrected chi connectivity index (χ3v) is 3.84. The fourth-order valence-corrected chi connectivity index (χ4v) is 2.49. The van der Waals surface area contributed by atoms with Gasteiger partial charge in [0.15, 0.2) is 0 Å². The summed E-state index contributed by atoms with van der Waals surface area (Å²) in [6, 6.07) is 0. The lowest BCUT2D eigenvalue weighted by Gasteiger charge is -2.26. The zero-order valence-electron chi connectivity index (χ0n) is 11.4. The smallest absolute Gasteiger partial charge is 0.233 e. The van der Waals surface area contributed by atoms with Crippen LogP contribution in [-0.4, -0.2) is 50.1 Å². The van der Waals surface area contributed by atoms with Crippen molar-refractivity contribution in [1.82, 2.24) is 15.5 Å². The highest BCUT2D eigenvalue weighted by Gasteiger charge is 2.20. The molecule has 1 aliphatic carbocycles. The zero-order chi connectivity index (χ0) is 12.6. The number of nitrogens with zero attached hydrogens (tertiary/aromatic N) is 1. The molecule has 0 aromatic carbocycles. The molecule has 1 aliphatic heterocycles. The molecular weight excluding hydrogens is 226 g/mol. The molecule has 1 heterocycles. The van der Waals surface area contributed by atoms with Gasteiger partial charge in [0.25, 0.3) is 0 Å². The highest BCUT2D eigenvalue weighted by atomic mass is 16.1. The Kier molecular flexibility index (Phi) is 5.94. The van der Waals surface area contributed by atoms with Crippen molar-refractivity contribution in [1.29, 1.82) is 0 Å². The second-order valence-electron chi connectivity index (χ2n) is 5.68. The number of rotatable bonds is 8. The molecule has 2 aliphatic rings. The third kappa shape index (κ3) is 5.83. The first-order valence-corrected chi connectivity index (χ1v) is 7.54. The SMILES string of the molecule is O=C(CNCC1CC1)NCCCN1CCCCC1. The average molecular weight is 253 g/mol. The molecule has 104 valence electrons. The Morgan fingerprint density at radius 2 is 1.94 bits per heavy atom. The zero-order valence-corrected chi connectivity index (χ0v) is 11.4. The Labute approximate surface area is 110 Å². The van der Waals surface area contributed by atoms with E-state index in [0.717, 1.165) is 32.0 Å². The van der Waals surface area contributed by atoms with Crippen molar-refractivity contribution >= 4 is 5.91 Å². The Balaban J connectivity index is 1.40. The number of carbonyl (C=O) groups excluding carboxylic acids is 1. The minimum atomic E-state index is 0.147. The monoisotopic (exact) mass is 253 g/mol. The number of nitrogens with one attached hydrogen (secondary N) is 2. The molecule has 4 nitrogen and oxygen atoms in total. The summed E-state index contributed by atoms with van der Waals surface area (Å²) in [6.45, 7) is 5.95. The van der Waals surface area contributed by atoms with E-state index < -0.39 is 0 Å². The predicted molar refractivity (Wildman–Crippen MR) is 73.5 cm³/mol. The van der Waals surface area contributed by atoms with Crippen LogP contribution < -0.4 is 10.6 Å². The molecule has 0 bridgehead atoms. The molecule has 0 spiro atoms. The summed E-state index contributed by atoms with van der Waals surface area (Å²) < 4.78 is 0. The van der Waals surface area contributed by atoms with Gasteiger partial charge in [-0.25, -0.2) is 0 Å². The molecular formula is C14H27N3O. The van der Waals surface area contributed by atoms with E-state index in [-0.39, 0.29) is 5.91 Å². The maximum Gasteiger partial charge on any atom is 0.233 e. The van der Waals surface area contributed by atoms with E-state index in [2.05, 4.69) is 15.5 Å². The van der Waals surface area contributed by atoms with Gasteiger partial charge in [0, 0.05) is 6.54 Å². The summed E-state index contributed by atoms with van der Waals surface area (Å²) in [7, 11) is 0. The highest BCUT2D eigenvalue weighted by molar-refractivity contribution is 5.77. The van der Waals surface area contributed by atoms with Gasteiger partial charge >= 0.3 is 0 Å². The molecule has 1 saturated carbocycles. The first-order valence-electron chi connectivity index (χ1n) is 7.54. The second-order valence-corrected chi connectivity index (χ2v) is 5.68. The highest BCUT2D eigenvalue weighted by Crippen LogP contribution is 2.27. The van der Waals surface area contributed by atoms with Crippen LogP contribution in [0.4, 0.5) is 0 Å². The molecule has 1 saturated heterocycles. The number of carbonyl (C=O) groups is 1. The van der Waals surface area contributed by atoms with E-state index in [1.807, 2.05) is 0 Å². The van der Waals surface area contributed by atoms with Crippen molar-refractivity contribution < 1.29 is 4.79 Å². The van der Waals surface area contributed by atoms with Crippen LogP contribution in [0.15, 0.2) is 0 Å². The molecule has 0 radical (unpaired) electrons. The summed E-state index contributed by atoms with van der Waals surface area (Å²) in [5, 5.41) is 6.20. The van der Waals surface area contributed by atoms with E-state index in [4.69, 9.17) is 0 Å². The summed E-state index contributed by atoms with van der Waals surface area (Å²) in [5.41, 5.74) is 0. The lowest BCUT2D eigenvalue weighted by molar-refractivity contribution is -0.120. The van der Waals surface area contributed by atoms with Crippen LogP contribution in [0.1, 0.15) is 38.5 Å². The number of hydrogen-bond donors (Lipinski definition) is 2. The van der Waals surface area contributed by atoms with E-state index in [0.29, 0.717) is 6.54 Å². The molecule has 1 amide bonds. The Morgan fingerprint density at radius 1 is 1.17 bits per heavy atom. The molecule has 0 aromatic rings. The van der Waals surface area contributed by atoms with Crippen LogP contribution in [0.2, 0.25) is 0 Å². The normalized spacial score (nSPS) is 20.9. The Bertz CT molecular complexity index is 247. The van der Waals surface area contributed by atoms with Crippen LogP contribution in [0, 0.1) is 5.92 Å². The van der Waals surface area contributed by atoms with Gasteiger partial charge in [0.2, 0.25) is 5.91 Å². The fraction of sp³-hybridized carbons (Fsp3) is 0.929. The fourth-order valence-electron chi connectivity index (χ4n) is 2.49. The molecule has 2 fully saturated rings. The van der Waals surface area contributed by atoms with Crippen molar-refractivity contribution in [2.24, 2.45) is 5.92 Å². The van der Waals surface area contributed by atoms with Gasteiger partial charge in [-0.15, -0.1) is 0 Å². The predicted octanol–water partition coefficient (Wildman–Crippen LogP) is 0.978. The van der Waals surface area contributed by atoms with Crippen LogP contribution >= 0.6 is 0 Å². The van der Waals surface area contributed by atoms with Crippen molar-refractivity contribution in [2.45, 2.75) is 38.5 Å². The molecule has 0 aromatic heterocycles. The van der Waals surface area contributed by atoms with Gasteiger partial charge < -0.3 is 15.5 Å². The third-order valence-electron chi connectivity index (χ3n) is 3.84. The van der Waals surface area contributed by atoms with Crippen LogP contribution in [0.3, 0.4) is 0 Å². The summed E-state index contributed by atoms with van der Waals surface area (Å²) in [4.78, 5) is 14.0. The minimum Gasteiger partial charge on any atom is -0.355 e. The van der Waals surface area contributed by atoms with Gasteiger partial charge in [-0.05, 0) is 64.2 Å². The Morgan fingerprint density at radius 3 is 2.67 bits per heavy atom. The molecule has 18 heavy (non-hydrogen) atoms. The lowest BCUT2D eigenvalue weighted by atomic mass is 10.1. The number of piperidine rings is 1. The maximum absolute atomic E-state index is 11.5. The average Bonchev–Trinajstić information content (AvgIpc) is 3.20. The summed E-state index contributed by atoms with van der Waals surface area (Å²) in [5.74, 6) is 0.992. The standard InChI is InChI=1S/C14H27N3O/c18-14(12-15-11-13-5-6-13)16-7-4-10-17-8-2-1-3-9-17/h13,15H,1-12H2,(H,16,18). The number of amides is 1. The van der Waals surface area contributed by atoms with Crippen LogP contribution in [0.5, 0.6) is 0 Å². The van der Waals surface area contributed by atoms with Gasteiger partial charge in [-0.2, -0.15) is 0 Å². The summed E-state index contributed by atoms with van der Waals surface area (Å²) >= 11 is 0. The topological polar surface area (TPSA) is 44.4 Å². The minimum absolute atomic E-state index is 0.147. The molecule has 2 N–H and O–H groups in total. The molecule has 4 heteroatoms. The van der Waals surface area contributed by atoms with Gasteiger partial charge in [0.1, 0.15) is 0 Å². The van der Waals surface area contributed by atoms with E-state index in [9.17, 15) is 4.79 Å². The van der Waals surface area contributed by atoms with E-state index >= 15 is 0 Å². The molecule has 0 atom stereocenters. The first-order chi connectivity index (χ1) is 8.84. The van der Waals surface area contributed by atoms with Crippen LogP contribution in [0.25, 0.3) is 0 Å². The second kappa shape index (κ2) is 7.74. The summed E-state index contributed by atoms with van der Waals surface area (Å²) in [6.07, 6.45) is 7.83. The number of likely N-dealkylation sites (tertiary alicyclic amines) is 1. The first kappa shape index (κ1) is 13.8. The Hall–Kier alpha value is -0.610. The molecule has 0 unspecified atom stereocenters. The quantitative estimate of drug-likeness (QED) is 0.634. The van der Waals surface area contributed by atoms with Crippen molar-refractivity contribution in [3.05, 3.63) is 0 Å². The maximum atomic E-state index is 11.5. The lowest BCUT2D eigenvalue weighted by Crippen LogP contribution is -2.37. The van der Waals surface area contributed by atoms with E-state index in [1.165, 1.54) is 45.2 Å². The number of hydrogen-bond acceptors (Lipinski definition) is 3. The molecule has 2 rings (SSSR count). The van der Waals surface area contributed by atoms with Crippen molar-refractivity contribution in [3.63, 3.8) is 0 Å². The largest absolute Gasteiger partial charge is 0.355 e. The van der Waals surface area contributed by atoms with Crippen molar-refractivity contribution in [3.8, 4) is 0 Å². The van der Waals surface area contributed by atoms with Crippen molar-refractivity contribution in [2.75, 3.05) is 39.3 Å².